The Balaban J connectivity index is 1.79. The number of rotatable bonds is 6. The molecule has 1 aliphatic heterocycles. The second-order valence-corrected chi connectivity index (χ2v) is 6.61. The van der Waals surface area contributed by atoms with Gasteiger partial charge >= 0.3 is 0 Å². The van der Waals surface area contributed by atoms with Crippen LogP contribution in [0.3, 0.4) is 0 Å². The number of hydrogen-bond donors (Lipinski definition) is 1. The van der Waals surface area contributed by atoms with Crippen molar-refractivity contribution >= 4 is 28.4 Å². The van der Waals surface area contributed by atoms with Crippen molar-refractivity contribution < 1.29 is 18.3 Å². The van der Waals surface area contributed by atoms with Crippen LogP contribution in [0.2, 0.25) is 5.02 Å². The van der Waals surface area contributed by atoms with E-state index in [-0.39, 0.29) is 31.3 Å². The van der Waals surface area contributed by atoms with Crippen molar-refractivity contribution in [2.75, 3.05) is 19.8 Å². The Kier molecular flexibility index (Phi) is 4.78. The number of amides is 1. The second kappa shape index (κ2) is 6.69. The van der Waals surface area contributed by atoms with Gasteiger partial charge in [0.1, 0.15) is 0 Å². The molecule has 24 heavy (non-hydrogen) atoms. The van der Waals surface area contributed by atoms with E-state index < -0.39 is 5.92 Å². The molecule has 2 aromatic rings. The van der Waals surface area contributed by atoms with Crippen LogP contribution >= 0.6 is 11.6 Å². The van der Waals surface area contributed by atoms with Crippen LogP contribution in [0.1, 0.15) is 36.2 Å². The lowest BCUT2D eigenvalue weighted by atomic mass is 10.1. The summed E-state index contributed by atoms with van der Waals surface area (Å²) in [4.78, 5) is 12.5. The Bertz CT molecular complexity index is 751. The minimum atomic E-state index is -2.71. The van der Waals surface area contributed by atoms with Gasteiger partial charge in [-0.25, -0.2) is 8.78 Å². The van der Waals surface area contributed by atoms with Crippen LogP contribution < -0.4 is 5.32 Å². The highest BCUT2D eigenvalue weighted by Gasteiger charge is 2.26. The van der Waals surface area contributed by atoms with E-state index in [1.54, 1.807) is 12.3 Å². The van der Waals surface area contributed by atoms with Gasteiger partial charge in [0.05, 0.1) is 35.4 Å². The molecule has 1 amide bonds. The third-order valence-corrected chi connectivity index (χ3v) is 4.46. The van der Waals surface area contributed by atoms with E-state index >= 15 is 0 Å². The topological polar surface area (TPSA) is 43.3 Å². The third-order valence-electron chi connectivity index (χ3n) is 4.14. The zero-order valence-corrected chi connectivity index (χ0v) is 14.1. The van der Waals surface area contributed by atoms with Crippen molar-refractivity contribution in [3.63, 3.8) is 0 Å². The van der Waals surface area contributed by atoms with E-state index in [0.29, 0.717) is 29.2 Å². The number of carbonyl (C=O) groups excluding carboxylic acids is 1. The number of nitrogens with zero attached hydrogens (tertiary/aromatic N) is 1. The molecule has 0 saturated carbocycles. The Morgan fingerprint density at radius 2 is 2.21 bits per heavy atom. The first-order valence-electron chi connectivity index (χ1n) is 7.89. The van der Waals surface area contributed by atoms with Gasteiger partial charge < -0.3 is 14.6 Å². The summed E-state index contributed by atoms with van der Waals surface area (Å²) < 4.78 is 32.9. The molecular weight excluding hydrogens is 338 g/mol. The van der Waals surface area contributed by atoms with Gasteiger partial charge in [0, 0.05) is 24.5 Å². The lowest BCUT2D eigenvalue weighted by molar-refractivity contribution is -0.0214. The normalized spacial score (nSPS) is 15.5. The molecule has 3 rings (SSSR count). The molecule has 7 heteroatoms. The molecule has 1 N–H and O–H groups in total. The summed E-state index contributed by atoms with van der Waals surface area (Å²) in [6.07, 6.45) is 1.74. The average Bonchev–Trinajstić information content (AvgIpc) is 2.82. The number of nitrogens with one attached hydrogen (secondary N) is 1. The van der Waals surface area contributed by atoms with E-state index in [0.717, 1.165) is 12.4 Å². The second-order valence-electron chi connectivity index (χ2n) is 6.20. The third kappa shape index (κ3) is 3.54. The standard InChI is InChI=1S/C17H19ClF2N2O2/c1-17(19,20)6-3-7-21-16(23)12-8-22(11-9-24-10-11)14-5-2-4-13(18)15(12)14/h2,4-5,8,11H,3,6-7,9-10H2,1H3,(H,21,23). The van der Waals surface area contributed by atoms with Crippen LogP contribution in [0.4, 0.5) is 8.78 Å². The van der Waals surface area contributed by atoms with E-state index in [9.17, 15) is 13.6 Å². The molecule has 4 nitrogen and oxygen atoms in total. The average molecular weight is 357 g/mol. The molecule has 1 fully saturated rings. The number of hydrogen-bond acceptors (Lipinski definition) is 2. The van der Waals surface area contributed by atoms with Crippen LogP contribution in [0.25, 0.3) is 10.9 Å². The molecule has 0 atom stereocenters. The molecule has 0 radical (unpaired) electrons. The smallest absolute Gasteiger partial charge is 0.253 e. The maximum Gasteiger partial charge on any atom is 0.253 e. The predicted octanol–water partition coefficient (Wildman–Crippen LogP) is 4.03. The van der Waals surface area contributed by atoms with Crippen molar-refractivity contribution in [1.29, 1.82) is 0 Å². The fraction of sp³-hybridized carbons (Fsp3) is 0.471. The number of alkyl halides is 2. The van der Waals surface area contributed by atoms with Crippen molar-refractivity contribution in [3.8, 4) is 0 Å². The zero-order valence-electron chi connectivity index (χ0n) is 13.3. The number of ether oxygens (including phenoxy) is 1. The summed E-state index contributed by atoms with van der Waals surface area (Å²) in [5, 5.41) is 3.89. The van der Waals surface area contributed by atoms with Gasteiger partial charge in [-0.15, -0.1) is 0 Å². The lowest BCUT2D eigenvalue weighted by Crippen LogP contribution is -2.30. The maximum absolute atomic E-state index is 12.8. The van der Waals surface area contributed by atoms with Crippen LogP contribution in [0, 0.1) is 0 Å². The Morgan fingerprint density at radius 1 is 1.46 bits per heavy atom. The fourth-order valence-electron chi connectivity index (χ4n) is 2.82. The van der Waals surface area contributed by atoms with Gasteiger partial charge in [-0.05, 0) is 25.5 Å². The molecule has 1 aromatic carbocycles. The molecule has 1 aliphatic rings. The summed E-state index contributed by atoms with van der Waals surface area (Å²) in [6.45, 7) is 2.28. The molecule has 0 spiro atoms. The minimum Gasteiger partial charge on any atom is -0.377 e. The predicted molar refractivity (Wildman–Crippen MR) is 89.0 cm³/mol. The van der Waals surface area contributed by atoms with Crippen LogP contribution in [0.15, 0.2) is 24.4 Å². The van der Waals surface area contributed by atoms with Gasteiger partial charge in [0.15, 0.2) is 0 Å². The molecule has 0 aliphatic carbocycles. The first-order valence-corrected chi connectivity index (χ1v) is 8.27. The number of fused-ring (bicyclic) bond motifs is 1. The van der Waals surface area contributed by atoms with E-state index in [2.05, 4.69) is 5.32 Å². The highest BCUT2D eigenvalue weighted by molar-refractivity contribution is 6.36. The van der Waals surface area contributed by atoms with Gasteiger partial charge in [-0.1, -0.05) is 17.7 Å². The van der Waals surface area contributed by atoms with Crippen molar-refractivity contribution in [2.45, 2.75) is 31.7 Å². The highest BCUT2D eigenvalue weighted by Crippen LogP contribution is 2.32. The molecule has 0 bridgehead atoms. The highest BCUT2D eigenvalue weighted by atomic mass is 35.5. The van der Waals surface area contributed by atoms with Gasteiger partial charge in [-0.2, -0.15) is 0 Å². The molecule has 0 unspecified atom stereocenters. The number of carbonyl (C=O) groups is 1. The number of benzene rings is 1. The molecule has 130 valence electrons. The van der Waals surface area contributed by atoms with Crippen LogP contribution in [0.5, 0.6) is 0 Å². The Hall–Kier alpha value is -1.66. The van der Waals surface area contributed by atoms with E-state index in [1.807, 2.05) is 16.7 Å². The first kappa shape index (κ1) is 17.2. The van der Waals surface area contributed by atoms with E-state index in [4.69, 9.17) is 16.3 Å². The summed E-state index contributed by atoms with van der Waals surface area (Å²) in [6, 6.07) is 5.67. The largest absolute Gasteiger partial charge is 0.377 e. The van der Waals surface area contributed by atoms with Gasteiger partial charge in [0.25, 0.3) is 5.91 Å². The Morgan fingerprint density at radius 3 is 2.83 bits per heavy atom. The summed E-state index contributed by atoms with van der Waals surface area (Å²) in [5.41, 5.74) is 1.34. The van der Waals surface area contributed by atoms with Crippen molar-refractivity contribution in [3.05, 3.63) is 35.0 Å². The van der Waals surface area contributed by atoms with Crippen molar-refractivity contribution in [1.82, 2.24) is 9.88 Å². The van der Waals surface area contributed by atoms with Crippen LogP contribution in [-0.4, -0.2) is 36.2 Å². The lowest BCUT2D eigenvalue weighted by Gasteiger charge is -2.28. The van der Waals surface area contributed by atoms with Gasteiger partial charge in [0.2, 0.25) is 5.92 Å². The monoisotopic (exact) mass is 356 g/mol. The van der Waals surface area contributed by atoms with Crippen molar-refractivity contribution in [2.24, 2.45) is 0 Å². The number of aromatic nitrogens is 1. The van der Waals surface area contributed by atoms with Gasteiger partial charge in [-0.3, -0.25) is 4.79 Å². The minimum absolute atomic E-state index is 0.186. The summed E-state index contributed by atoms with van der Waals surface area (Å²) in [7, 11) is 0. The maximum atomic E-state index is 12.8. The summed E-state index contributed by atoms with van der Waals surface area (Å²) >= 11 is 6.28. The first-order chi connectivity index (χ1) is 11.4. The molecule has 1 saturated heterocycles. The zero-order chi connectivity index (χ0) is 17.3. The fourth-order valence-corrected chi connectivity index (χ4v) is 3.09. The quantitative estimate of drug-likeness (QED) is 0.794. The molecular formula is C17H19ClF2N2O2. The van der Waals surface area contributed by atoms with Crippen LogP contribution in [-0.2, 0) is 4.74 Å². The SMILES string of the molecule is CC(F)(F)CCCNC(=O)c1cn(C2COC2)c2cccc(Cl)c12. The molecule has 2 heterocycles. The molecule has 1 aromatic heterocycles. The number of halogens is 3. The van der Waals surface area contributed by atoms with E-state index in [1.165, 1.54) is 0 Å². The summed E-state index contributed by atoms with van der Waals surface area (Å²) in [5.74, 6) is -3.01. The Labute approximate surface area is 143 Å².